The van der Waals surface area contributed by atoms with E-state index in [9.17, 15) is 4.79 Å². The summed E-state index contributed by atoms with van der Waals surface area (Å²) in [5, 5.41) is 3.22. The summed E-state index contributed by atoms with van der Waals surface area (Å²) in [5.41, 5.74) is 3.67. The standard InChI is InChI=1S/C20H20ClN5O/c1-3-26(17-6-4-5-14(2)11-17)18(27)16-9-7-15(8-10-16)12-22-20-24-13-23-19(21)25-20/h4-11,13H,3,12H2,1-2H3,(H,22,23,24,25). The highest BCUT2D eigenvalue weighted by molar-refractivity contribution is 6.28. The van der Waals surface area contributed by atoms with E-state index in [4.69, 9.17) is 11.6 Å². The van der Waals surface area contributed by atoms with Gasteiger partial charge >= 0.3 is 0 Å². The summed E-state index contributed by atoms with van der Waals surface area (Å²) in [6.45, 7) is 5.11. The van der Waals surface area contributed by atoms with Gasteiger partial charge in [-0.25, -0.2) is 9.97 Å². The Morgan fingerprint density at radius 1 is 1.15 bits per heavy atom. The molecular weight excluding hydrogens is 362 g/mol. The topological polar surface area (TPSA) is 71.0 Å². The summed E-state index contributed by atoms with van der Waals surface area (Å²) in [6.07, 6.45) is 1.35. The minimum absolute atomic E-state index is 0.0214. The summed E-state index contributed by atoms with van der Waals surface area (Å²) >= 11 is 5.74. The van der Waals surface area contributed by atoms with Crippen molar-refractivity contribution in [2.24, 2.45) is 0 Å². The third-order valence-electron chi connectivity index (χ3n) is 4.07. The Hall–Kier alpha value is -2.99. The highest BCUT2D eigenvalue weighted by Gasteiger charge is 2.16. The number of carbonyl (C=O) groups is 1. The van der Waals surface area contributed by atoms with E-state index in [0.29, 0.717) is 24.6 Å². The Balaban J connectivity index is 1.69. The molecule has 1 amide bonds. The summed E-state index contributed by atoms with van der Waals surface area (Å²) in [6, 6.07) is 15.4. The van der Waals surface area contributed by atoms with Crippen LogP contribution in [0.4, 0.5) is 11.6 Å². The van der Waals surface area contributed by atoms with Crippen LogP contribution in [-0.4, -0.2) is 27.4 Å². The molecule has 0 radical (unpaired) electrons. The van der Waals surface area contributed by atoms with Gasteiger partial charge in [0.15, 0.2) is 0 Å². The largest absolute Gasteiger partial charge is 0.350 e. The van der Waals surface area contributed by atoms with Gasteiger partial charge in [0, 0.05) is 24.3 Å². The molecule has 0 fully saturated rings. The van der Waals surface area contributed by atoms with Gasteiger partial charge in [-0.3, -0.25) is 4.79 Å². The quantitative estimate of drug-likeness (QED) is 0.695. The maximum atomic E-state index is 12.9. The van der Waals surface area contributed by atoms with Gasteiger partial charge in [-0.05, 0) is 60.8 Å². The normalized spacial score (nSPS) is 10.5. The first-order valence-corrected chi connectivity index (χ1v) is 9.00. The molecule has 0 aliphatic heterocycles. The van der Waals surface area contributed by atoms with Crippen LogP contribution in [0.25, 0.3) is 0 Å². The second kappa shape index (κ2) is 8.60. The molecule has 0 saturated heterocycles. The third-order valence-corrected chi connectivity index (χ3v) is 4.25. The van der Waals surface area contributed by atoms with Gasteiger partial charge in [0.05, 0.1) is 0 Å². The molecule has 138 valence electrons. The number of nitrogens with zero attached hydrogens (tertiary/aromatic N) is 4. The fraction of sp³-hybridized carbons (Fsp3) is 0.200. The molecule has 27 heavy (non-hydrogen) atoms. The number of nitrogens with one attached hydrogen (secondary N) is 1. The van der Waals surface area contributed by atoms with E-state index in [2.05, 4.69) is 20.3 Å². The van der Waals surface area contributed by atoms with E-state index in [0.717, 1.165) is 16.8 Å². The van der Waals surface area contributed by atoms with E-state index in [1.165, 1.54) is 6.33 Å². The fourth-order valence-corrected chi connectivity index (χ4v) is 2.83. The lowest BCUT2D eigenvalue weighted by atomic mass is 10.1. The minimum Gasteiger partial charge on any atom is -0.350 e. The highest BCUT2D eigenvalue weighted by Crippen LogP contribution is 2.19. The molecule has 0 unspecified atom stereocenters. The van der Waals surface area contributed by atoms with Crippen LogP contribution in [0.3, 0.4) is 0 Å². The van der Waals surface area contributed by atoms with Crippen LogP contribution in [0, 0.1) is 6.92 Å². The summed E-state index contributed by atoms with van der Waals surface area (Å²) in [5.74, 6) is 0.388. The van der Waals surface area contributed by atoms with Crippen LogP contribution < -0.4 is 10.2 Å². The average molecular weight is 382 g/mol. The predicted octanol–water partition coefficient (Wildman–Crippen LogP) is 4.11. The molecule has 6 nitrogen and oxygen atoms in total. The number of rotatable bonds is 6. The number of carbonyl (C=O) groups excluding carboxylic acids is 1. The molecule has 3 aromatic rings. The number of aryl methyl sites for hydroxylation is 1. The zero-order valence-electron chi connectivity index (χ0n) is 15.2. The predicted molar refractivity (Wildman–Crippen MR) is 107 cm³/mol. The molecule has 0 saturated carbocycles. The van der Waals surface area contributed by atoms with Gasteiger partial charge in [-0.2, -0.15) is 4.98 Å². The maximum absolute atomic E-state index is 12.9. The molecule has 0 aliphatic rings. The molecule has 0 bridgehead atoms. The SMILES string of the molecule is CCN(C(=O)c1ccc(CNc2ncnc(Cl)n2)cc1)c1cccc(C)c1. The average Bonchev–Trinajstić information content (AvgIpc) is 2.67. The third kappa shape index (κ3) is 4.80. The number of aromatic nitrogens is 3. The van der Waals surface area contributed by atoms with Crippen LogP contribution in [0.5, 0.6) is 0 Å². The van der Waals surface area contributed by atoms with E-state index in [1.54, 1.807) is 4.90 Å². The zero-order valence-corrected chi connectivity index (χ0v) is 15.9. The number of halogens is 1. The Kier molecular flexibility index (Phi) is 5.98. The van der Waals surface area contributed by atoms with Crippen molar-refractivity contribution in [3.8, 4) is 0 Å². The van der Waals surface area contributed by atoms with Crippen molar-refractivity contribution in [1.29, 1.82) is 0 Å². The summed E-state index contributed by atoms with van der Waals surface area (Å²) in [4.78, 5) is 26.4. The molecule has 3 rings (SSSR count). The number of amides is 1. The lowest BCUT2D eigenvalue weighted by Crippen LogP contribution is -2.30. The molecule has 0 spiro atoms. The lowest BCUT2D eigenvalue weighted by molar-refractivity contribution is 0.0988. The number of hydrogen-bond acceptors (Lipinski definition) is 5. The van der Waals surface area contributed by atoms with E-state index in [-0.39, 0.29) is 11.2 Å². The van der Waals surface area contributed by atoms with Crippen molar-refractivity contribution < 1.29 is 4.79 Å². The second-order valence-corrected chi connectivity index (χ2v) is 6.36. The minimum atomic E-state index is -0.0214. The summed E-state index contributed by atoms with van der Waals surface area (Å²) in [7, 11) is 0. The fourth-order valence-electron chi connectivity index (χ4n) is 2.70. The molecule has 1 aromatic heterocycles. The molecule has 7 heteroatoms. The molecule has 2 aromatic carbocycles. The van der Waals surface area contributed by atoms with Gasteiger partial charge in [0.2, 0.25) is 11.2 Å². The van der Waals surface area contributed by atoms with Crippen molar-refractivity contribution in [1.82, 2.24) is 15.0 Å². The van der Waals surface area contributed by atoms with Crippen LogP contribution in [-0.2, 0) is 6.54 Å². The van der Waals surface area contributed by atoms with Crippen molar-refractivity contribution in [2.45, 2.75) is 20.4 Å². The van der Waals surface area contributed by atoms with Gasteiger partial charge in [0.25, 0.3) is 5.91 Å². The monoisotopic (exact) mass is 381 g/mol. The molecule has 0 aliphatic carbocycles. The first-order valence-electron chi connectivity index (χ1n) is 8.62. The number of hydrogen-bond donors (Lipinski definition) is 1. The van der Waals surface area contributed by atoms with Crippen LogP contribution in [0.1, 0.15) is 28.4 Å². The van der Waals surface area contributed by atoms with Gasteiger partial charge in [0.1, 0.15) is 6.33 Å². The molecule has 0 atom stereocenters. The van der Waals surface area contributed by atoms with Crippen molar-refractivity contribution >= 4 is 29.1 Å². The van der Waals surface area contributed by atoms with Gasteiger partial charge in [-0.1, -0.05) is 24.3 Å². The number of anilines is 2. The van der Waals surface area contributed by atoms with E-state index in [1.807, 2.05) is 62.4 Å². The van der Waals surface area contributed by atoms with Crippen molar-refractivity contribution in [3.63, 3.8) is 0 Å². The lowest BCUT2D eigenvalue weighted by Gasteiger charge is -2.21. The Morgan fingerprint density at radius 3 is 2.59 bits per heavy atom. The van der Waals surface area contributed by atoms with Crippen LogP contribution in [0.2, 0.25) is 5.28 Å². The molecule has 1 N–H and O–H groups in total. The smallest absolute Gasteiger partial charge is 0.258 e. The van der Waals surface area contributed by atoms with Crippen LogP contribution >= 0.6 is 11.6 Å². The van der Waals surface area contributed by atoms with Crippen LogP contribution in [0.15, 0.2) is 54.9 Å². The van der Waals surface area contributed by atoms with Gasteiger partial charge in [-0.15, -0.1) is 0 Å². The van der Waals surface area contributed by atoms with Crippen molar-refractivity contribution in [3.05, 3.63) is 76.8 Å². The molecule has 1 heterocycles. The van der Waals surface area contributed by atoms with Crippen molar-refractivity contribution in [2.75, 3.05) is 16.8 Å². The van der Waals surface area contributed by atoms with E-state index < -0.39 is 0 Å². The zero-order chi connectivity index (χ0) is 19.2. The molecular formula is C20H20ClN5O. The Labute approximate surface area is 163 Å². The highest BCUT2D eigenvalue weighted by atomic mass is 35.5. The maximum Gasteiger partial charge on any atom is 0.258 e. The Morgan fingerprint density at radius 2 is 1.93 bits per heavy atom. The first-order chi connectivity index (χ1) is 13.1. The van der Waals surface area contributed by atoms with E-state index >= 15 is 0 Å². The van der Waals surface area contributed by atoms with Gasteiger partial charge < -0.3 is 10.2 Å². The second-order valence-electron chi connectivity index (χ2n) is 6.02. The first kappa shape index (κ1) is 18.8. The summed E-state index contributed by atoms with van der Waals surface area (Å²) < 4.78 is 0. The number of benzene rings is 2. The Bertz CT molecular complexity index is 930.